The molecule has 0 radical (unpaired) electrons. The van der Waals surface area contributed by atoms with Crippen LogP contribution in [-0.2, 0) is 11.2 Å². The Labute approximate surface area is 149 Å². The van der Waals surface area contributed by atoms with E-state index in [2.05, 4.69) is 26.0 Å². The van der Waals surface area contributed by atoms with Crippen LogP contribution in [-0.4, -0.2) is 11.7 Å². The number of allylic oxidation sites excluding steroid dienone is 4. The fourth-order valence-corrected chi connectivity index (χ4v) is 3.82. The SMILES string of the molecule is CC1(C)C=Cc2c(O)c(=O)c3oc4c(cc=3c2=C1)CC1=C(C=4)OCC=C1. The van der Waals surface area contributed by atoms with E-state index >= 15 is 0 Å². The Bertz CT molecular complexity index is 1300. The van der Waals surface area contributed by atoms with Crippen LogP contribution in [0.15, 0.2) is 44.8 Å². The molecule has 0 bridgehead atoms. The topological polar surface area (TPSA) is 59.7 Å². The maximum absolute atomic E-state index is 12.7. The lowest BCUT2D eigenvalue weighted by atomic mass is 9.85. The highest BCUT2D eigenvalue weighted by atomic mass is 16.5. The number of fused-ring (bicyclic) bond motifs is 3. The minimum atomic E-state index is -0.475. The molecule has 0 aromatic rings. The van der Waals surface area contributed by atoms with Crippen molar-refractivity contribution < 1.29 is 14.3 Å². The molecule has 3 aliphatic carbocycles. The summed E-state index contributed by atoms with van der Waals surface area (Å²) in [5.74, 6) is 0.528. The van der Waals surface area contributed by atoms with Gasteiger partial charge in [-0.25, -0.2) is 0 Å². The van der Waals surface area contributed by atoms with Gasteiger partial charge in [0, 0.05) is 34.3 Å². The first-order valence-electron chi connectivity index (χ1n) is 8.71. The third-order valence-electron chi connectivity index (χ3n) is 5.16. The van der Waals surface area contributed by atoms with Gasteiger partial charge in [-0.05, 0) is 22.9 Å². The molecule has 0 amide bonds. The zero-order chi connectivity index (χ0) is 18.1. The van der Waals surface area contributed by atoms with E-state index in [9.17, 15) is 9.90 Å². The van der Waals surface area contributed by atoms with Crippen LogP contribution in [0.2, 0.25) is 0 Å². The highest BCUT2D eigenvalue weighted by Crippen LogP contribution is 2.27. The van der Waals surface area contributed by atoms with Gasteiger partial charge in [0.1, 0.15) is 17.8 Å². The minimum Gasteiger partial charge on any atom is -0.504 e. The van der Waals surface area contributed by atoms with Crippen molar-refractivity contribution >= 4 is 18.2 Å². The van der Waals surface area contributed by atoms with Gasteiger partial charge in [-0.2, -0.15) is 0 Å². The summed E-state index contributed by atoms with van der Waals surface area (Å²) in [6.07, 6.45) is 12.5. The smallest absolute Gasteiger partial charge is 0.263 e. The van der Waals surface area contributed by atoms with E-state index in [0.29, 0.717) is 24.0 Å². The lowest BCUT2D eigenvalue weighted by Crippen LogP contribution is -2.27. The van der Waals surface area contributed by atoms with Crippen LogP contribution in [0, 0.1) is 16.0 Å². The molecule has 0 spiro atoms. The van der Waals surface area contributed by atoms with Gasteiger partial charge in [0.05, 0.1) is 0 Å². The third-order valence-corrected chi connectivity index (χ3v) is 5.16. The van der Waals surface area contributed by atoms with E-state index in [1.165, 1.54) is 0 Å². The third kappa shape index (κ3) is 2.11. The fraction of sp³-hybridized carbons (Fsp3) is 0.227. The van der Waals surface area contributed by atoms with Gasteiger partial charge in [0.15, 0.2) is 11.2 Å². The zero-order valence-electron chi connectivity index (χ0n) is 14.6. The van der Waals surface area contributed by atoms with Crippen LogP contribution in [0.1, 0.15) is 25.0 Å². The number of hydrogen-bond donors (Lipinski definition) is 1. The summed E-state index contributed by atoms with van der Waals surface area (Å²) < 4.78 is 11.6. The lowest BCUT2D eigenvalue weighted by molar-refractivity contribution is 0.257. The molecule has 0 saturated carbocycles. The van der Waals surface area contributed by atoms with E-state index in [1.54, 1.807) is 0 Å². The first-order valence-corrected chi connectivity index (χ1v) is 8.71. The lowest BCUT2D eigenvalue weighted by Gasteiger charge is -2.21. The standard InChI is InChI=1S/C22H18O4/c1-22(2)6-5-14-16(11-22)15-9-13-8-12-4-3-7-25-17(12)10-18(13)26-21(15)20(24)19(14)23/h3-6,9-11,23H,7-8H2,1-2H3. The first-order chi connectivity index (χ1) is 12.4. The molecule has 0 unspecified atom stereocenters. The number of aromatic hydroxyl groups is 1. The molecule has 0 aromatic carbocycles. The van der Waals surface area contributed by atoms with Crippen molar-refractivity contribution in [2.75, 3.05) is 6.61 Å². The van der Waals surface area contributed by atoms with E-state index in [1.807, 2.05) is 30.4 Å². The van der Waals surface area contributed by atoms with Gasteiger partial charge >= 0.3 is 0 Å². The van der Waals surface area contributed by atoms with Crippen molar-refractivity contribution in [1.29, 1.82) is 0 Å². The van der Waals surface area contributed by atoms with Gasteiger partial charge < -0.3 is 14.3 Å². The molecule has 0 aromatic heterocycles. The van der Waals surface area contributed by atoms with E-state index in [4.69, 9.17) is 9.15 Å². The predicted octanol–water partition coefficient (Wildman–Crippen LogP) is 2.08. The van der Waals surface area contributed by atoms with Crippen molar-refractivity contribution in [2.45, 2.75) is 20.3 Å². The molecule has 26 heavy (non-hydrogen) atoms. The second-order valence-corrected chi connectivity index (χ2v) is 7.61. The Kier molecular flexibility index (Phi) is 2.94. The molecule has 4 nitrogen and oxygen atoms in total. The molecule has 0 saturated heterocycles. The Morgan fingerprint density at radius 2 is 2.08 bits per heavy atom. The monoisotopic (exact) mass is 346 g/mol. The zero-order valence-corrected chi connectivity index (χ0v) is 14.6. The molecule has 5 aliphatic rings. The summed E-state index contributed by atoms with van der Waals surface area (Å²) in [5, 5.41) is 12.0. The molecule has 2 aliphatic heterocycles. The van der Waals surface area contributed by atoms with Crippen molar-refractivity contribution in [3.63, 3.8) is 0 Å². The molecular formula is C22H18O4. The van der Waals surface area contributed by atoms with E-state index in [0.717, 1.165) is 27.3 Å². The molecule has 130 valence electrons. The molecule has 0 atom stereocenters. The molecule has 2 heterocycles. The Morgan fingerprint density at radius 3 is 2.92 bits per heavy atom. The minimum absolute atomic E-state index is 0.158. The van der Waals surface area contributed by atoms with Crippen molar-refractivity contribution in [2.24, 2.45) is 5.41 Å². The van der Waals surface area contributed by atoms with Gasteiger partial charge in [-0.1, -0.05) is 38.2 Å². The maximum atomic E-state index is 12.7. The summed E-state index contributed by atoms with van der Waals surface area (Å²) in [6, 6.07) is 2.02. The normalized spacial score (nSPS) is 19.2. The van der Waals surface area contributed by atoms with Gasteiger partial charge in [-0.15, -0.1) is 0 Å². The summed E-state index contributed by atoms with van der Waals surface area (Å²) >= 11 is 0. The summed E-state index contributed by atoms with van der Waals surface area (Å²) in [4.78, 5) is 12.7. The second-order valence-electron chi connectivity index (χ2n) is 7.61. The molecule has 0 fully saturated rings. The predicted molar refractivity (Wildman–Crippen MR) is 98.8 cm³/mol. The Morgan fingerprint density at radius 1 is 1.23 bits per heavy atom. The van der Waals surface area contributed by atoms with Gasteiger partial charge in [0.25, 0.3) is 5.43 Å². The van der Waals surface area contributed by atoms with Crippen LogP contribution in [0.4, 0.5) is 0 Å². The highest BCUT2D eigenvalue weighted by molar-refractivity contribution is 5.65. The van der Waals surface area contributed by atoms with Crippen LogP contribution < -0.4 is 16.1 Å². The quantitative estimate of drug-likeness (QED) is 0.793. The fourth-order valence-electron chi connectivity index (χ4n) is 3.82. The maximum Gasteiger partial charge on any atom is 0.263 e. The van der Waals surface area contributed by atoms with E-state index in [-0.39, 0.29) is 16.6 Å². The number of hydrogen-bond acceptors (Lipinski definition) is 4. The van der Waals surface area contributed by atoms with Crippen molar-refractivity contribution in [1.82, 2.24) is 0 Å². The van der Waals surface area contributed by atoms with Gasteiger partial charge in [-0.3, -0.25) is 4.79 Å². The van der Waals surface area contributed by atoms with Gasteiger partial charge in [0.2, 0.25) is 0 Å². The van der Waals surface area contributed by atoms with Crippen molar-refractivity contribution in [3.8, 4) is 5.75 Å². The summed E-state index contributed by atoms with van der Waals surface area (Å²) in [6.45, 7) is 4.71. The average Bonchev–Trinajstić information content (AvgIpc) is 2.62. The van der Waals surface area contributed by atoms with Crippen LogP contribution >= 0.6 is 0 Å². The van der Waals surface area contributed by atoms with Crippen molar-refractivity contribution in [3.05, 3.63) is 78.2 Å². The van der Waals surface area contributed by atoms with E-state index < -0.39 is 5.43 Å². The van der Waals surface area contributed by atoms with Crippen LogP contribution in [0.5, 0.6) is 5.75 Å². The number of ether oxygens (including phenoxy) is 1. The first kappa shape index (κ1) is 15.3. The number of rotatable bonds is 0. The van der Waals surface area contributed by atoms with Crippen LogP contribution in [0.25, 0.3) is 18.2 Å². The molecule has 4 heteroatoms. The largest absolute Gasteiger partial charge is 0.504 e. The Balaban J connectivity index is 1.93. The summed E-state index contributed by atoms with van der Waals surface area (Å²) in [7, 11) is 0. The molecule has 1 N–H and O–H groups in total. The molecular weight excluding hydrogens is 328 g/mol. The highest BCUT2D eigenvalue weighted by Gasteiger charge is 2.22. The average molecular weight is 346 g/mol. The molecule has 5 rings (SSSR count). The summed E-state index contributed by atoms with van der Waals surface area (Å²) in [5.41, 5.74) is 2.86. The second kappa shape index (κ2) is 5.01. The Hall–Kier alpha value is -3.01. The van der Waals surface area contributed by atoms with Crippen LogP contribution in [0.3, 0.4) is 0 Å².